The first-order chi connectivity index (χ1) is 7.06. The minimum absolute atomic E-state index is 0.0985. The predicted molar refractivity (Wildman–Crippen MR) is 57.7 cm³/mol. The van der Waals surface area contributed by atoms with Crippen LogP contribution in [0, 0.1) is 0 Å². The van der Waals surface area contributed by atoms with Crippen LogP contribution in [-0.4, -0.2) is 21.8 Å². The SMILES string of the molecule is CCCCc1nc(C(=O)O)c(C(C)=O)s1. The van der Waals surface area contributed by atoms with Crippen LogP contribution in [0.5, 0.6) is 0 Å². The summed E-state index contributed by atoms with van der Waals surface area (Å²) < 4.78 is 0. The zero-order valence-corrected chi connectivity index (χ0v) is 9.56. The van der Waals surface area contributed by atoms with Gasteiger partial charge in [0.05, 0.1) is 5.01 Å². The molecule has 15 heavy (non-hydrogen) atoms. The van der Waals surface area contributed by atoms with Crippen molar-refractivity contribution in [2.24, 2.45) is 0 Å². The first kappa shape index (κ1) is 11.8. The van der Waals surface area contributed by atoms with Crippen molar-refractivity contribution in [3.63, 3.8) is 0 Å². The zero-order chi connectivity index (χ0) is 11.4. The highest BCUT2D eigenvalue weighted by Crippen LogP contribution is 2.20. The second-order valence-corrected chi connectivity index (χ2v) is 4.33. The van der Waals surface area contributed by atoms with Crippen LogP contribution in [0.4, 0.5) is 0 Å². The van der Waals surface area contributed by atoms with Crippen molar-refractivity contribution >= 4 is 23.1 Å². The third kappa shape index (κ3) is 2.86. The van der Waals surface area contributed by atoms with E-state index in [-0.39, 0.29) is 16.4 Å². The van der Waals surface area contributed by atoms with E-state index < -0.39 is 5.97 Å². The Hall–Kier alpha value is -1.23. The van der Waals surface area contributed by atoms with Crippen LogP contribution >= 0.6 is 11.3 Å². The van der Waals surface area contributed by atoms with Gasteiger partial charge >= 0.3 is 5.97 Å². The van der Waals surface area contributed by atoms with E-state index in [4.69, 9.17) is 5.11 Å². The van der Waals surface area contributed by atoms with Gasteiger partial charge in [-0.15, -0.1) is 11.3 Å². The van der Waals surface area contributed by atoms with Crippen molar-refractivity contribution in [1.29, 1.82) is 0 Å². The van der Waals surface area contributed by atoms with Crippen molar-refractivity contribution in [3.8, 4) is 0 Å². The first-order valence-corrected chi connectivity index (χ1v) is 5.61. The Morgan fingerprint density at radius 1 is 1.47 bits per heavy atom. The molecule has 0 saturated heterocycles. The van der Waals surface area contributed by atoms with Gasteiger partial charge in [0, 0.05) is 6.92 Å². The molecule has 1 aromatic heterocycles. The van der Waals surface area contributed by atoms with Gasteiger partial charge in [0.15, 0.2) is 11.5 Å². The molecule has 82 valence electrons. The minimum atomic E-state index is -1.13. The third-order valence-electron chi connectivity index (χ3n) is 1.94. The number of ketones is 1. The number of aromatic carboxylic acids is 1. The second-order valence-electron chi connectivity index (χ2n) is 3.25. The largest absolute Gasteiger partial charge is 0.476 e. The summed E-state index contributed by atoms with van der Waals surface area (Å²) in [6.07, 6.45) is 2.73. The van der Waals surface area contributed by atoms with E-state index >= 15 is 0 Å². The maximum atomic E-state index is 11.2. The fraction of sp³-hybridized carbons (Fsp3) is 0.500. The van der Waals surface area contributed by atoms with Gasteiger partial charge in [0.1, 0.15) is 4.88 Å². The Morgan fingerprint density at radius 2 is 2.13 bits per heavy atom. The van der Waals surface area contributed by atoms with E-state index in [1.54, 1.807) is 0 Å². The van der Waals surface area contributed by atoms with Gasteiger partial charge in [0.2, 0.25) is 0 Å². The number of thiazole rings is 1. The molecule has 1 N–H and O–H groups in total. The average Bonchev–Trinajstić information content (AvgIpc) is 2.58. The molecule has 0 amide bonds. The number of hydrogen-bond acceptors (Lipinski definition) is 4. The second kappa shape index (κ2) is 5.02. The number of Topliss-reactive ketones (excluding diaryl/α,β-unsaturated/α-hetero) is 1. The molecule has 1 heterocycles. The minimum Gasteiger partial charge on any atom is -0.476 e. The Bertz CT molecular complexity index is 353. The van der Waals surface area contributed by atoms with Crippen LogP contribution in [0.15, 0.2) is 0 Å². The molecule has 0 spiro atoms. The molecule has 0 aromatic carbocycles. The van der Waals surface area contributed by atoms with Crippen LogP contribution in [0.1, 0.15) is 51.9 Å². The third-order valence-corrected chi connectivity index (χ3v) is 3.15. The zero-order valence-electron chi connectivity index (χ0n) is 8.74. The molecule has 0 unspecified atom stereocenters. The number of hydrogen-bond donors (Lipinski definition) is 1. The molecule has 0 bridgehead atoms. The first-order valence-electron chi connectivity index (χ1n) is 4.80. The summed E-state index contributed by atoms with van der Waals surface area (Å²) in [4.78, 5) is 26.2. The molecule has 0 aliphatic carbocycles. The summed E-state index contributed by atoms with van der Waals surface area (Å²) in [6.45, 7) is 3.42. The number of carbonyl (C=O) groups excluding carboxylic acids is 1. The van der Waals surface area contributed by atoms with Crippen LogP contribution < -0.4 is 0 Å². The van der Waals surface area contributed by atoms with Gasteiger partial charge in [-0.3, -0.25) is 4.79 Å². The molecule has 1 rings (SSSR count). The van der Waals surface area contributed by atoms with E-state index in [9.17, 15) is 9.59 Å². The number of rotatable bonds is 5. The van der Waals surface area contributed by atoms with Gasteiger partial charge in [-0.05, 0) is 12.8 Å². The lowest BCUT2D eigenvalue weighted by Gasteiger charge is -1.90. The lowest BCUT2D eigenvalue weighted by molar-refractivity contribution is 0.0687. The van der Waals surface area contributed by atoms with Gasteiger partial charge in [-0.2, -0.15) is 0 Å². The standard InChI is InChI=1S/C10H13NO3S/c1-3-4-5-7-11-8(10(13)14)9(15-7)6(2)12/h3-5H2,1-2H3,(H,13,14). The summed E-state index contributed by atoms with van der Waals surface area (Å²) in [7, 11) is 0. The quantitative estimate of drug-likeness (QED) is 0.784. The molecule has 4 nitrogen and oxygen atoms in total. The van der Waals surface area contributed by atoms with Gasteiger partial charge in [-0.25, -0.2) is 9.78 Å². The number of nitrogens with zero attached hydrogens (tertiary/aromatic N) is 1. The predicted octanol–water partition coefficient (Wildman–Crippen LogP) is 2.39. The summed E-state index contributed by atoms with van der Waals surface area (Å²) in [5, 5.41) is 9.58. The highest BCUT2D eigenvalue weighted by atomic mass is 32.1. The van der Waals surface area contributed by atoms with Crippen molar-refractivity contribution in [2.45, 2.75) is 33.1 Å². The lowest BCUT2D eigenvalue weighted by Crippen LogP contribution is -2.03. The monoisotopic (exact) mass is 227 g/mol. The smallest absolute Gasteiger partial charge is 0.356 e. The summed E-state index contributed by atoms with van der Waals surface area (Å²) in [6, 6.07) is 0. The van der Waals surface area contributed by atoms with E-state index in [0.717, 1.165) is 24.3 Å². The van der Waals surface area contributed by atoms with Crippen molar-refractivity contribution < 1.29 is 14.7 Å². The molecular formula is C10H13NO3S. The van der Waals surface area contributed by atoms with Gasteiger partial charge in [0.25, 0.3) is 0 Å². The molecule has 5 heteroatoms. The van der Waals surface area contributed by atoms with Crippen LogP contribution in [0.2, 0.25) is 0 Å². The van der Waals surface area contributed by atoms with E-state index in [1.807, 2.05) is 0 Å². The Kier molecular flexibility index (Phi) is 3.96. The van der Waals surface area contributed by atoms with Gasteiger partial charge in [-0.1, -0.05) is 13.3 Å². The Balaban J connectivity index is 2.98. The highest BCUT2D eigenvalue weighted by molar-refractivity contribution is 7.14. The van der Waals surface area contributed by atoms with E-state index in [0.29, 0.717) is 0 Å². The van der Waals surface area contributed by atoms with E-state index in [2.05, 4.69) is 11.9 Å². The lowest BCUT2D eigenvalue weighted by atomic mass is 10.2. The van der Waals surface area contributed by atoms with Crippen LogP contribution in [-0.2, 0) is 6.42 Å². The molecule has 0 fully saturated rings. The average molecular weight is 227 g/mol. The fourth-order valence-electron chi connectivity index (χ4n) is 1.18. The number of unbranched alkanes of at least 4 members (excludes halogenated alkanes) is 1. The maximum absolute atomic E-state index is 11.2. The van der Waals surface area contributed by atoms with Crippen molar-refractivity contribution in [1.82, 2.24) is 4.98 Å². The Morgan fingerprint density at radius 3 is 2.53 bits per heavy atom. The highest BCUT2D eigenvalue weighted by Gasteiger charge is 2.19. The number of carbonyl (C=O) groups is 2. The Labute approximate surface area is 92.0 Å². The summed E-state index contributed by atoms with van der Waals surface area (Å²) in [5.74, 6) is -1.35. The topological polar surface area (TPSA) is 67.3 Å². The fourth-order valence-corrected chi connectivity index (χ4v) is 2.18. The van der Waals surface area contributed by atoms with Gasteiger partial charge < -0.3 is 5.11 Å². The molecule has 0 radical (unpaired) electrons. The summed E-state index contributed by atoms with van der Waals surface area (Å²) >= 11 is 1.19. The van der Waals surface area contributed by atoms with E-state index in [1.165, 1.54) is 18.3 Å². The number of carboxylic acids is 1. The maximum Gasteiger partial charge on any atom is 0.356 e. The van der Waals surface area contributed by atoms with Crippen molar-refractivity contribution in [3.05, 3.63) is 15.6 Å². The molecular weight excluding hydrogens is 214 g/mol. The number of aryl methyl sites for hydroxylation is 1. The molecule has 1 aromatic rings. The molecule has 0 atom stereocenters. The van der Waals surface area contributed by atoms with Crippen LogP contribution in [0.25, 0.3) is 0 Å². The summed E-state index contributed by atoms with van der Waals surface area (Å²) in [5.41, 5.74) is -0.0985. The van der Waals surface area contributed by atoms with Crippen molar-refractivity contribution in [2.75, 3.05) is 0 Å². The normalized spacial score (nSPS) is 10.3. The molecule has 0 aliphatic heterocycles. The molecule has 0 saturated carbocycles. The molecule has 0 aliphatic rings. The van der Waals surface area contributed by atoms with Crippen LogP contribution in [0.3, 0.4) is 0 Å². The number of aromatic nitrogens is 1. The number of carboxylic acid groups (broad SMARTS) is 1.